The van der Waals surface area contributed by atoms with Crippen LogP contribution in [0, 0.1) is 20.7 Å². The summed E-state index contributed by atoms with van der Waals surface area (Å²) in [6.45, 7) is 0. The topological polar surface area (TPSA) is 35.8 Å². The van der Waals surface area contributed by atoms with E-state index < -0.39 is 5.82 Å². The van der Waals surface area contributed by atoms with Crippen LogP contribution < -0.4 is 5.32 Å². The molecule has 0 aromatic heterocycles. The summed E-state index contributed by atoms with van der Waals surface area (Å²) in [5.41, 5.74) is 1.43. The van der Waals surface area contributed by atoms with Gasteiger partial charge in [0.15, 0.2) is 0 Å². The summed E-state index contributed by atoms with van der Waals surface area (Å²) in [6, 6.07) is 12.0. The van der Waals surface area contributed by atoms with Gasteiger partial charge in [-0.25, -0.2) is 4.39 Å². The van der Waals surface area contributed by atoms with Crippen molar-refractivity contribution in [3.8, 4) is 6.07 Å². The molecular formula is C13H7BrFIN2. The number of anilines is 2. The smallest absolute Gasteiger partial charge is 0.147 e. The highest BCUT2D eigenvalue weighted by molar-refractivity contribution is 14.1. The van der Waals surface area contributed by atoms with Gasteiger partial charge in [0.25, 0.3) is 0 Å². The zero-order chi connectivity index (χ0) is 13.1. The largest absolute Gasteiger partial charge is 0.352 e. The van der Waals surface area contributed by atoms with Crippen molar-refractivity contribution in [1.29, 1.82) is 5.26 Å². The third kappa shape index (κ3) is 3.00. The van der Waals surface area contributed by atoms with E-state index in [0.717, 1.165) is 13.7 Å². The Kier molecular flexibility index (Phi) is 4.19. The summed E-state index contributed by atoms with van der Waals surface area (Å²) >= 11 is 5.62. The van der Waals surface area contributed by atoms with E-state index in [1.54, 1.807) is 12.1 Å². The SMILES string of the molecule is N#Cc1ccc(Nc2ccc(I)cc2Br)c(F)c1. The number of hydrogen-bond donors (Lipinski definition) is 1. The van der Waals surface area contributed by atoms with Crippen molar-refractivity contribution in [3.63, 3.8) is 0 Å². The first-order valence-corrected chi connectivity index (χ1v) is 6.89. The first-order chi connectivity index (χ1) is 8.60. The highest BCUT2D eigenvalue weighted by atomic mass is 127. The molecule has 0 saturated carbocycles. The Balaban J connectivity index is 2.32. The fourth-order valence-electron chi connectivity index (χ4n) is 1.42. The van der Waals surface area contributed by atoms with E-state index in [1.165, 1.54) is 6.07 Å². The van der Waals surface area contributed by atoms with Crippen LogP contribution in [-0.4, -0.2) is 0 Å². The second-order valence-corrected chi connectivity index (χ2v) is 5.66. The van der Waals surface area contributed by atoms with Gasteiger partial charge < -0.3 is 5.32 Å². The lowest BCUT2D eigenvalue weighted by Gasteiger charge is -2.10. The number of rotatable bonds is 2. The fraction of sp³-hybridized carbons (Fsp3) is 0. The molecule has 0 bridgehead atoms. The van der Waals surface area contributed by atoms with Crippen molar-refractivity contribution in [1.82, 2.24) is 0 Å². The van der Waals surface area contributed by atoms with Crippen LogP contribution in [-0.2, 0) is 0 Å². The molecule has 90 valence electrons. The summed E-state index contributed by atoms with van der Waals surface area (Å²) in [4.78, 5) is 0. The molecule has 0 aliphatic heterocycles. The van der Waals surface area contributed by atoms with Crippen LogP contribution in [0.4, 0.5) is 15.8 Å². The third-order valence-corrected chi connectivity index (χ3v) is 3.63. The van der Waals surface area contributed by atoms with Crippen LogP contribution in [0.25, 0.3) is 0 Å². The van der Waals surface area contributed by atoms with Crippen LogP contribution >= 0.6 is 38.5 Å². The second kappa shape index (κ2) is 5.67. The molecule has 2 aromatic carbocycles. The summed E-state index contributed by atoms with van der Waals surface area (Å²) in [6.07, 6.45) is 0. The van der Waals surface area contributed by atoms with Gasteiger partial charge in [0, 0.05) is 8.04 Å². The molecular weight excluding hydrogens is 410 g/mol. The maximum Gasteiger partial charge on any atom is 0.147 e. The van der Waals surface area contributed by atoms with Gasteiger partial charge in [-0.15, -0.1) is 0 Å². The fourth-order valence-corrected chi connectivity index (χ4v) is 2.82. The molecule has 2 aromatic rings. The molecule has 0 amide bonds. The molecule has 0 heterocycles. The summed E-state index contributed by atoms with van der Waals surface area (Å²) in [5, 5.41) is 11.7. The molecule has 0 aliphatic rings. The first-order valence-electron chi connectivity index (χ1n) is 5.02. The lowest BCUT2D eigenvalue weighted by molar-refractivity contribution is 0.631. The molecule has 0 saturated heterocycles. The number of benzene rings is 2. The van der Waals surface area contributed by atoms with Crippen molar-refractivity contribution in [2.24, 2.45) is 0 Å². The number of halogens is 3. The Labute approximate surface area is 126 Å². The molecule has 5 heteroatoms. The van der Waals surface area contributed by atoms with Crippen LogP contribution in [0.1, 0.15) is 5.56 Å². The monoisotopic (exact) mass is 416 g/mol. The van der Waals surface area contributed by atoms with E-state index in [9.17, 15) is 4.39 Å². The van der Waals surface area contributed by atoms with Crippen LogP contribution in [0.5, 0.6) is 0 Å². The third-order valence-electron chi connectivity index (χ3n) is 2.30. The number of nitriles is 1. The zero-order valence-corrected chi connectivity index (χ0v) is 12.8. The Morgan fingerprint density at radius 3 is 2.50 bits per heavy atom. The van der Waals surface area contributed by atoms with E-state index in [-0.39, 0.29) is 0 Å². The Morgan fingerprint density at radius 2 is 1.89 bits per heavy atom. The normalized spacial score (nSPS) is 9.89. The predicted octanol–water partition coefficient (Wildman–Crippen LogP) is 4.81. The Hall–Kier alpha value is -1.13. The highest BCUT2D eigenvalue weighted by Gasteiger charge is 2.06. The van der Waals surface area contributed by atoms with E-state index in [0.29, 0.717) is 11.3 Å². The van der Waals surface area contributed by atoms with Crippen LogP contribution in [0.3, 0.4) is 0 Å². The lowest BCUT2D eigenvalue weighted by atomic mass is 10.2. The van der Waals surface area contributed by atoms with Crippen molar-refractivity contribution >= 4 is 49.9 Å². The quantitative estimate of drug-likeness (QED) is 0.713. The molecule has 0 atom stereocenters. The molecule has 0 spiro atoms. The second-order valence-electron chi connectivity index (χ2n) is 3.56. The van der Waals surface area contributed by atoms with Crippen molar-refractivity contribution in [2.45, 2.75) is 0 Å². The van der Waals surface area contributed by atoms with Gasteiger partial charge in [-0.2, -0.15) is 5.26 Å². The molecule has 2 nitrogen and oxygen atoms in total. The first kappa shape index (κ1) is 13.3. The van der Waals surface area contributed by atoms with Crippen LogP contribution in [0.2, 0.25) is 0 Å². The van der Waals surface area contributed by atoms with Gasteiger partial charge in [0.1, 0.15) is 5.82 Å². The minimum atomic E-state index is -0.445. The number of nitrogens with one attached hydrogen (secondary N) is 1. The molecule has 18 heavy (non-hydrogen) atoms. The lowest BCUT2D eigenvalue weighted by Crippen LogP contribution is -1.95. The Bertz CT molecular complexity index is 637. The van der Waals surface area contributed by atoms with Gasteiger partial charge in [-0.05, 0) is 74.9 Å². The number of nitrogens with zero attached hydrogens (tertiary/aromatic N) is 1. The van der Waals surface area contributed by atoms with Crippen molar-refractivity contribution in [2.75, 3.05) is 5.32 Å². The van der Waals surface area contributed by atoms with Crippen molar-refractivity contribution in [3.05, 3.63) is 55.8 Å². The average Bonchev–Trinajstić information content (AvgIpc) is 2.34. The highest BCUT2D eigenvalue weighted by Crippen LogP contribution is 2.28. The molecule has 0 unspecified atom stereocenters. The van der Waals surface area contributed by atoms with Gasteiger partial charge in [0.05, 0.1) is 23.0 Å². The Morgan fingerprint density at radius 1 is 1.17 bits per heavy atom. The minimum absolute atomic E-state index is 0.305. The molecule has 1 N–H and O–H groups in total. The zero-order valence-electron chi connectivity index (χ0n) is 9.05. The molecule has 0 radical (unpaired) electrons. The summed E-state index contributed by atoms with van der Waals surface area (Å²) < 4.78 is 15.7. The van der Waals surface area contributed by atoms with Gasteiger partial charge in [-0.1, -0.05) is 0 Å². The van der Waals surface area contributed by atoms with Gasteiger partial charge >= 0.3 is 0 Å². The molecule has 0 aliphatic carbocycles. The maximum absolute atomic E-state index is 13.7. The summed E-state index contributed by atoms with van der Waals surface area (Å²) in [7, 11) is 0. The van der Waals surface area contributed by atoms with E-state index in [4.69, 9.17) is 5.26 Å². The summed E-state index contributed by atoms with van der Waals surface area (Å²) in [5.74, 6) is -0.445. The van der Waals surface area contributed by atoms with Gasteiger partial charge in [-0.3, -0.25) is 0 Å². The maximum atomic E-state index is 13.7. The van der Waals surface area contributed by atoms with E-state index >= 15 is 0 Å². The van der Waals surface area contributed by atoms with Crippen LogP contribution in [0.15, 0.2) is 40.9 Å². The molecule has 0 fully saturated rings. The predicted molar refractivity (Wildman–Crippen MR) is 81.3 cm³/mol. The van der Waals surface area contributed by atoms with Crippen molar-refractivity contribution < 1.29 is 4.39 Å². The standard InChI is InChI=1S/C13H7BrFIN2/c14-10-6-9(16)2-4-12(10)18-13-3-1-8(7-17)5-11(13)15/h1-6,18H. The van der Waals surface area contributed by atoms with E-state index in [2.05, 4.69) is 43.8 Å². The van der Waals surface area contributed by atoms with Gasteiger partial charge in [0.2, 0.25) is 0 Å². The molecule has 2 rings (SSSR count). The average molecular weight is 417 g/mol. The van der Waals surface area contributed by atoms with E-state index in [1.807, 2.05) is 24.3 Å². The minimum Gasteiger partial charge on any atom is -0.352 e. The number of hydrogen-bond acceptors (Lipinski definition) is 2.